The Morgan fingerprint density at radius 3 is 1.77 bits per heavy atom. The third-order valence-electron chi connectivity index (χ3n) is 3.88. The second-order valence-corrected chi connectivity index (χ2v) is 6.09. The SMILES string of the molecule is CCCCC(CCN(CCCNC(=O)O)CCCNC(=O)O)NC(=O)O. The Balaban J connectivity index is 4.40. The van der Waals surface area contributed by atoms with Gasteiger partial charge in [0, 0.05) is 25.7 Å². The number of rotatable bonds is 15. The largest absolute Gasteiger partial charge is 0.465 e. The molecule has 0 aliphatic rings. The van der Waals surface area contributed by atoms with E-state index in [4.69, 9.17) is 15.3 Å². The van der Waals surface area contributed by atoms with Crippen LogP contribution in [-0.2, 0) is 0 Å². The lowest BCUT2D eigenvalue weighted by molar-refractivity contribution is 0.184. The van der Waals surface area contributed by atoms with Crippen molar-refractivity contribution in [3.05, 3.63) is 0 Å². The molecule has 3 amide bonds. The first-order valence-electron chi connectivity index (χ1n) is 9.00. The van der Waals surface area contributed by atoms with Crippen LogP contribution >= 0.6 is 0 Å². The van der Waals surface area contributed by atoms with Gasteiger partial charge < -0.3 is 36.2 Å². The second kappa shape index (κ2) is 15.1. The summed E-state index contributed by atoms with van der Waals surface area (Å²) < 4.78 is 0. The van der Waals surface area contributed by atoms with Crippen LogP contribution in [0.2, 0.25) is 0 Å². The van der Waals surface area contributed by atoms with Gasteiger partial charge in [0.05, 0.1) is 0 Å². The highest BCUT2D eigenvalue weighted by Gasteiger charge is 2.14. The highest BCUT2D eigenvalue weighted by molar-refractivity contribution is 5.65. The van der Waals surface area contributed by atoms with E-state index in [0.29, 0.717) is 52.0 Å². The van der Waals surface area contributed by atoms with Crippen molar-refractivity contribution in [1.29, 1.82) is 0 Å². The molecule has 0 fully saturated rings. The van der Waals surface area contributed by atoms with E-state index in [2.05, 4.69) is 27.8 Å². The standard InChI is InChI=1S/C16H32N4O6/c1-2-3-6-13(19-16(25)26)7-12-20(10-4-8-17-14(21)22)11-5-9-18-15(23)24/h13,17-19H,2-12H2,1H3,(H,21,22)(H,23,24)(H,25,26). The maximum absolute atomic E-state index is 10.9. The molecule has 0 aliphatic heterocycles. The molecule has 0 aromatic heterocycles. The lowest BCUT2D eigenvalue weighted by Gasteiger charge is -2.25. The van der Waals surface area contributed by atoms with Crippen LogP contribution in [-0.4, -0.2) is 77.3 Å². The summed E-state index contributed by atoms with van der Waals surface area (Å²) in [5.74, 6) is 0. The first-order chi connectivity index (χ1) is 12.3. The van der Waals surface area contributed by atoms with E-state index in [1.807, 2.05) is 0 Å². The zero-order chi connectivity index (χ0) is 19.8. The van der Waals surface area contributed by atoms with Crippen molar-refractivity contribution in [2.75, 3.05) is 32.7 Å². The van der Waals surface area contributed by atoms with Crippen molar-refractivity contribution in [2.24, 2.45) is 0 Å². The topological polar surface area (TPSA) is 151 Å². The summed E-state index contributed by atoms with van der Waals surface area (Å²) in [4.78, 5) is 34.0. The summed E-state index contributed by atoms with van der Waals surface area (Å²) in [5.41, 5.74) is 0. The number of nitrogens with one attached hydrogen (secondary N) is 3. The fourth-order valence-electron chi connectivity index (χ4n) is 2.58. The molecule has 0 saturated carbocycles. The second-order valence-electron chi connectivity index (χ2n) is 6.09. The van der Waals surface area contributed by atoms with Gasteiger partial charge in [-0.15, -0.1) is 0 Å². The van der Waals surface area contributed by atoms with Crippen LogP contribution in [0, 0.1) is 0 Å². The number of nitrogens with zero attached hydrogens (tertiary/aromatic N) is 1. The van der Waals surface area contributed by atoms with Gasteiger partial charge in [0.25, 0.3) is 0 Å². The molecule has 0 spiro atoms. The molecule has 0 rings (SSSR count). The van der Waals surface area contributed by atoms with E-state index < -0.39 is 18.3 Å². The van der Waals surface area contributed by atoms with Gasteiger partial charge in [0.15, 0.2) is 0 Å². The van der Waals surface area contributed by atoms with Crippen molar-refractivity contribution in [1.82, 2.24) is 20.9 Å². The Hall–Kier alpha value is -2.23. The van der Waals surface area contributed by atoms with Gasteiger partial charge in [0.2, 0.25) is 0 Å². The molecule has 26 heavy (non-hydrogen) atoms. The molecular formula is C16H32N4O6. The van der Waals surface area contributed by atoms with Crippen LogP contribution < -0.4 is 16.0 Å². The molecule has 1 unspecified atom stereocenters. The van der Waals surface area contributed by atoms with Crippen molar-refractivity contribution in [3.8, 4) is 0 Å². The predicted octanol–water partition coefficient (Wildman–Crippen LogP) is 1.82. The quantitative estimate of drug-likeness (QED) is 0.238. The Morgan fingerprint density at radius 1 is 0.808 bits per heavy atom. The van der Waals surface area contributed by atoms with Crippen molar-refractivity contribution >= 4 is 18.3 Å². The highest BCUT2D eigenvalue weighted by Crippen LogP contribution is 2.07. The highest BCUT2D eigenvalue weighted by atomic mass is 16.4. The molecule has 1 atom stereocenters. The van der Waals surface area contributed by atoms with Gasteiger partial charge in [-0.25, -0.2) is 14.4 Å². The summed E-state index contributed by atoms with van der Waals surface area (Å²) in [5, 5.41) is 33.3. The molecular weight excluding hydrogens is 344 g/mol. The molecule has 10 nitrogen and oxygen atoms in total. The summed E-state index contributed by atoms with van der Waals surface area (Å²) in [6.45, 7) is 4.70. The Kier molecular flexibility index (Phi) is 13.8. The van der Waals surface area contributed by atoms with Gasteiger partial charge in [-0.3, -0.25) is 0 Å². The van der Waals surface area contributed by atoms with Crippen molar-refractivity contribution in [3.63, 3.8) is 0 Å². The Morgan fingerprint density at radius 2 is 1.35 bits per heavy atom. The first kappa shape index (κ1) is 23.8. The summed E-state index contributed by atoms with van der Waals surface area (Å²) in [6.07, 6.45) is 1.46. The predicted molar refractivity (Wildman–Crippen MR) is 96.8 cm³/mol. The molecule has 0 aromatic rings. The molecule has 6 N–H and O–H groups in total. The lowest BCUT2D eigenvalue weighted by atomic mass is 10.1. The number of carbonyl (C=O) groups is 3. The van der Waals surface area contributed by atoms with Crippen LogP contribution in [0.3, 0.4) is 0 Å². The van der Waals surface area contributed by atoms with Crippen LogP contribution in [0.25, 0.3) is 0 Å². The monoisotopic (exact) mass is 376 g/mol. The van der Waals surface area contributed by atoms with E-state index in [1.54, 1.807) is 0 Å². The van der Waals surface area contributed by atoms with E-state index in [1.165, 1.54) is 0 Å². The smallest absolute Gasteiger partial charge is 0.404 e. The number of carboxylic acid groups (broad SMARTS) is 3. The summed E-state index contributed by atoms with van der Waals surface area (Å²) in [6, 6.07) is -0.121. The van der Waals surface area contributed by atoms with Gasteiger partial charge in [-0.1, -0.05) is 19.8 Å². The van der Waals surface area contributed by atoms with E-state index >= 15 is 0 Å². The van der Waals surface area contributed by atoms with Gasteiger partial charge in [-0.2, -0.15) is 0 Å². The zero-order valence-electron chi connectivity index (χ0n) is 15.4. The van der Waals surface area contributed by atoms with E-state index in [-0.39, 0.29) is 6.04 Å². The Labute approximate surface area is 153 Å². The van der Waals surface area contributed by atoms with Crippen LogP contribution in [0.1, 0.15) is 45.4 Å². The minimum absolute atomic E-state index is 0.121. The molecule has 0 heterocycles. The third kappa shape index (κ3) is 15.3. The fourth-order valence-corrected chi connectivity index (χ4v) is 2.58. The van der Waals surface area contributed by atoms with Crippen LogP contribution in [0.4, 0.5) is 14.4 Å². The zero-order valence-corrected chi connectivity index (χ0v) is 15.4. The molecule has 0 bridgehead atoms. The summed E-state index contributed by atoms with van der Waals surface area (Å²) in [7, 11) is 0. The Bertz CT molecular complexity index is 400. The minimum Gasteiger partial charge on any atom is -0.465 e. The molecule has 0 aliphatic carbocycles. The number of amides is 3. The first-order valence-corrected chi connectivity index (χ1v) is 9.00. The van der Waals surface area contributed by atoms with Crippen LogP contribution in [0.15, 0.2) is 0 Å². The molecule has 0 radical (unpaired) electrons. The fraction of sp³-hybridized carbons (Fsp3) is 0.812. The normalized spacial score (nSPS) is 11.8. The molecule has 10 heteroatoms. The van der Waals surface area contributed by atoms with Gasteiger partial charge in [0.1, 0.15) is 0 Å². The lowest BCUT2D eigenvalue weighted by Crippen LogP contribution is -2.38. The summed E-state index contributed by atoms with van der Waals surface area (Å²) >= 11 is 0. The maximum atomic E-state index is 10.9. The average molecular weight is 376 g/mol. The van der Waals surface area contributed by atoms with Gasteiger partial charge >= 0.3 is 18.3 Å². The maximum Gasteiger partial charge on any atom is 0.404 e. The van der Waals surface area contributed by atoms with Gasteiger partial charge in [-0.05, 0) is 38.8 Å². The van der Waals surface area contributed by atoms with E-state index in [9.17, 15) is 14.4 Å². The molecule has 0 saturated heterocycles. The van der Waals surface area contributed by atoms with Crippen LogP contribution in [0.5, 0.6) is 0 Å². The van der Waals surface area contributed by atoms with Crippen molar-refractivity contribution < 1.29 is 29.7 Å². The van der Waals surface area contributed by atoms with E-state index in [0.717, 1.165) is 19.3 Å². The number of hydrogen-bond acceptors (Lipinski definition) is 4. The third-order valence-corrected chi connectivity index (χ3v) is 3.88. The number of unbranched alkanes of at least 4 members (excludes halogenated alkanes) is 1. The molecule has 0 aromatic carbocycles. The minimum atomic E-state index is -1.06. The number of hydrogen-bond donors (Lipinski definition) is 6. The van der Waals surface area contributed by atoms with Crippen molar-refractivity contribution in [2.45, 2.75) is 51.5 Å². The molecule has 152 valence electrons. The average Bonchev–Trinajstić information content (AvgIpc) is 2.55.